The van der Waals surface area contributed by atoms with Crippen molar-refractivity contribution in [1.29, 1.82) is 0 Å². The van der Waals surface area contributed by atoms with Crippen molar-refractivity contribution in [2.75, 3.05) is 0 Å². The number of esters is 2. The van der Waals surface area contributed by atoms with Crippen molar-refractivity contribution in [2.45, 2.75) is 126 Å². The molecule has 4 aromatic carbocycles. The van der Waals surface area contributed by atoms with E-state index in [1.54, 1.807) is 49.1 Å². The number of nitrogens with two attached hydrogens (primary N) is 1. The van der Waals surface area contributed by atoms with E-state index in [0.717, 1.165) is 50.1 Å². The summed E-state index contributed by atoms with van der Waals surface area (Å²) in [5.41, 5.74) is 17.8. The number of hydrogen-bond donors (Lipinski definition) is 3. The molecule has 0 radical (unpaired) electrons. The minimum absolute atomic E-state index is 0. The zero-order chi connectivity index (χ0) is 60.0. The smallest absolute Gasteiger partial charge is 0.326 e. The number of aryl methyl sites for hydroxylation is 4. The number of carbonyl (C=O) groups excluding carboxylic acids is 3. The number of carboxylic acid groups (broad SMARTS) is 1. The summed E-state index contributed by atoms with van der Waals surface area (Å²) in [5, 5.41) is 12.1. The average Bonchev–Trinajstić information content (AvgIpc) is 2.80. The Hall–Kier alpha value is -8.79. The van der Waals surface area contributed by atoms with Gasteiger partial charge in [0, 0.05) is 66.5 Å². The van der Waals surface area contributed by atoms with Crippen molar-refractivity contribution in [1.82, 2.24) is 24.4 Å². The number of pyridine rings is 4. The zero-order valence-corrected chi connectivity index (χ0v) is 49.8. The molecule has 0 saturated heterocycles. The van der Waals surface area contributed by atoms with E-state index in [1.807, 2.05) is 145 Å². The van der Waals surface area contributed by atoms with Gasteiger partial charge in [-0.3, -0.25) is 33.9 Å². The molecular weight excluding hydrogens is 1090 g/mol. The molecule has 0 aliphatic carbocycles. The number of carboxylic acids is 1. The normalized spacial score (nSPS) is 12.0. The molecule has 0 saturated carbocycles. The largest absolute Gasteiger partial charge is 0.480 e. The van der Waals surface area contributed by atoms with E-state index in [4.69, 9.17) is 20.3 Å². The van der Waals surface area contributed by atoms with Gasteiger partial charge in [-0.05, 0) is 132 Å². The van der Waals surface area contributed by atoms with Crippen molar-refractivity contribution < 1.29 is 33.8 Å². The Morgan fingerprint density at radius 2 is 0.941 bits per heavy atom. The number of amides is 1. The van der Waals surface area contributed by atoms with Crippen LogP contribution >= 0.6 is 12.4 Å². The second kappa shape index (κ2) is 34.1. The molecule has 0 spiro atoms. The van der Waals surface area contributed by atoms with E-state index in [2.05, 4.69) is 41.3 Å². The number of halogens is 1. The van der Waals surface area contributed by atoms with Crippen molar-refractivity contribution in [2.24, 2.45) is 17.6 Å². The lowest BCUT2D eigenvalue weighted by atomic mass is 9.94. The van der Waals surface area contributed by atoms with E-state index in [-0.39, 0.29) is 80.7 Å². The molecule has 0 bridgehead atoms. The predicted molar refractivity (Wildman–Crippen MR) is 338 cm³/mol. The van der Waals surface area contributed by atoms with E-state index in [0.29, 0.717) is 18.4 Å². The molecule has 4 atom stereocenters. The first-order chi connectivity index (χ1) is 39.8. The molecule has 1 amide bonds. The summed E-state index contributed by atoms with van der Waals surface area (Å²) in [7, 11) is 0. The van der Waals surface area contributed by atoms with Crippen LogP contribution in [0.25, 0.3) is 22.3 Å². The van der Waals surface area contributed by atoms with E-state index >= 15 is 0 Å². The molecular formula is C69H81ClN6O9. The van der Waals surface area contributed by atoms with Gasteiger partial charge in [0.1, 0.15) is 25.3 Å². The Morgan fingerprint density at radius 3 is 1.38 bits per heavy atom. The van der Waals surface area contributed by atoms with Gasteiger partial charge in [0.15, 0.2) is 0 Å². The molecule has 0 aliphatic heterocycles. The van der Waals surface area contributed by atoms with E-state index in [1.165, 1.54) is 38.6 Å². The van der Waals surface area contributed by atoms with Crippen LogP contribution < -0.4 is 22.2 Å². The summed E-state index contributed by atoms with van der Waals surface area (Å²) in [6.45, 7) is 16.5. The third-order valence-electron chi connectivity index (χ3n) is 13.8. The van der Waals surface area contributed by atoms with Crippen LogP contribution in [0.4, 0.5) is 0 Å². The minimum atomic E-state index is -0.961. The second-order valence-corrected chi connectivity index (χ2v) is 21.4. The van der Waals surface area contributed by atoms with Crippen molar-refractivity contribution in [3.63, 3.8) is 0 Å². The van der Waals surface area contributed by atoms with Crippen LogP contribution in [0, 0.1) is 39.5 Å². The molecule has 4 aromatic heterocycles. The van der Waals surface area contributed by atoms with Crippen molar-refractivity contribution >= 4 is 36.2 Å². The fraction of sp³-hybridized carbons (Fsp3) is 0.304. The number of aromatic nitrogens is 4. The number of nitrogens with one attached hydrogen (secondary N) is 1. The number of ether oxygens (including phenoxy) is 2. The monoisotopic (exact) mass is 1170 g/mol. The highest BCUT2D eigenvalue weighted by Crippen LogP contribution is 2.31. The summed E-state index contributed by atoms with van der Waals surface area (Å²) in [6, 6.07) is 42.1. The molecule has 0 fully saturated rings. The first-order valence-corrected chi connectivity index (χ1v) is 27.8. The summed E-state index contributed by atoms with van der Waals surface area (Å²) in [6.07, 6.45) is 11.1. The fourth-order valence-electron chi connectivity index (χ4n) is 9.67. The Bertz CT molecular complexity index is 3510. The average molecular weight is 1170 g/mol. The molecule has 4 N–H and O–H groups in total. The molecule has 448 valence electrons. The minimum Gasteiger partial charge on any atom is -0.480 e. The summed E-state index contributed by atoms with van der Waals surface area (Å²) in [5.74, 6) is -1.68. The van der Waals surface area contributed by atoms with Crippen molar-refractivity contribution in [3.05, 3.63) is 248 Å². The number of hydrogen-bond acceptors (Lipinski definition) is 11. The van der Waals surface area contributed by atoms with Gasteiger partial charge in [-0.15, -0.1) is 12.4 Å². The number of carbonyl (C=O) groups is 4. The molecule has 8 rings (SSSR count). The highest BCUT2D eigenvalue weighted by molar-refractivity contribution is 5.85. The SMILES string of the molecule is C.CC(C)C[C@@H](C(=O)O)n1ccccc1=O.Cc1cccc(C)c1-c1cncc([C@@H](CC(=O)OCc2ccccc2)NC(=O)C(CC(C)C)n2ccccc2=O)c1.Cc1cccc(C)c1-c1cncc([C@H](N)CC(=O)OCc2ccccc2)c1.Cl. The zero-order valence-electron chi connectivity index (χ0n) is 49.0. The third kappa shape index (κ3) is 20.8. The second-order valence-electron chi connectivity index (χ2n) is 21.4. The number of nitrogens with zero attached hydrogens (tertiary/aromatic N) is 4. The van der Waals surface area contributed by atoms with Gasteiger partial charge in [0.25, 0.3) is 11.1 Å². The Balaban J connectivity index is 0.000000302. The lowest BCUT2D eigenvalue weighted by Crippen LogP contribution is -2.40. The molecule has 1 unspecified atom stereocenters. The summed E-state index contributed by atoms with van der Waals surface area (Å²) >= 11 is 0. The highest BCUT2D eigenvalue weighted by Gasteiger charge is 2.28. The number of aliphatic carboxylic acids is 1. The van der Waals surface area contributed by atoms with Crippen LogP contribution in [0.5, 0.6) is 0 Å². The van der Waals surface area contributed by atoms with Gasteiger partial charge < -0.3 is 34.8 Å². The Morgan fingerprint density at radius 1 is 0.541 bits per heavy atom. The van der Waals surface area contributed by atoms with Crippen LogP contribution in [0.2, 0.25) is 0 Å². The highest BCUT2D eigenvalue weighted by atomic mass is 35.5. The Kier molecular flexibility index (Phi) is 27.6. The van der Waals surface area contributed by atoms with Gasteiger partial charge in [0.2, 0.25) is 5.91 Å². The third-order valence-corrected chi connectivity index (χ3v) is 13.8. The molecule has 4 heterocycles. The number of rotatable bonds is 21. The van der Waals surface area contributed by atoms with Crippen LogP contribution in [-0.4, -0.2) is 48.0 Å². The first-order valence-electron chi connectivity index (χ1n) is 27.8. The van der Waals surface area contributed by atoms with Crippen LogP contribution in [-0.2, 0) is 41.9 Å². The van der Waals surface area contributed by atoms with Gasteiger partial charge in [-0.2, -0.15) is 0 Å². The molecule has 8 aromatic rings. The summed E-state index contributed by atoms with van der Waals surface area (Å²) in [4.78, 5) is 83.0. The maximum Gasteiger partial charge on any atom is 0.326 e. The quantitative estimate of drug-likeness (QED) is 0.0573. The van der Waals surface area contributed by atoms with E-state index in [9.17, 15) is 28.8 Å². The standard InChI is InChI=1S/C34H37N3O4.C23H24N2O2.C11H15NO3.CH4.ClH/c1-23(2)17-30(37-16-9-8-15-31(37)38)34(40)36-29(19-32(39)41-22-26-13-6-5-7-14-26)27-18-28(21-35-20-27)33-24(3)11-10-12-25(33)4;1-16-7-6-8-17(2)23(16)20-11-19(13-25-14-20)21(24)12-22(26)27-15-18-9-4-3-5-10-18;1-8(2)7-9(11(14)15)12-6-4-3-5-10(12)13;;/h5-16,18,20-21,23,29-30H,17,19,22H2,1-4H3,(H,36,40);3-11,13-14,21H,12,15,24H2,1-2H3;3-6,8-9H,7H2,1-2H3,(H,14,15);1H4;1H/t29-,30?;21-;9-;;/m110../s1. The topological polar surface area (TPSA) is 215 Å². The Labute approximate surface area is 505 Å². The fourth-order valence-corrected chi connectivity index (χ4v) is 9.67. The molecule has 0 aliphatic rings. The number of benzene rings is 4. The van der Waals surface area contributed by atoms with Crippen LogP contribution in [0.15, 0.2) is 192 Å². The first kappa shape index (κ1) is 68.7. The lowest BCUT2D eigenvalue weighted by Gasteiger charge is -2.25. The predicted octanol–water partition coefficient (Wildman–Crippen LogP) is 13.2. The van der Waals surface area contributed by atoms with Gasteiger partial charge >= 0.3 is 17.9 Å². The summed E-state index contributed by atoms with van der Waals surface area (Å²) < 4.78 is 13.6. The van der Waals surface area contributed by atoms with Gasteiger partial charge in [-0.25, -0.2) is 4.79 Å². The van der Waals surface area contributed by atoms with E-state index < -0.39 is 36.1 Å². The van der Waals surface area contributed by atoms with Gasteiger partial charge in [-0.1, -0.05) is 144 Å². The molecule has 16 heteroatoms. The van der Waals surface area contributed by atoms with Gasteiger partial charge in [0.05, 0.1) is 18.9 Å². The maximum atomic E-state index is 13.8. The lowest BCUT2D eigenvalue weighted by molar-refractivity contribution is -0.146. The molecule has 85 heavy (non-hydrogen) atoms. The maximum absolute atomic E-state index is 13.8. The molecule has 15 nitrogen and oxygen atoms in total. The van der Waals surface area contributed by atoms with Crippen LogP contribution in [0.3, 0.4) is 0 Å². The van der Waals surface area contributed by atoms with Crippen LogP contribution in [0.1, 0.15) is 129 Å². The van der Waals surface area contributed by atoms with Crippen molar-refractivity contribution in [3.8, 4) is 22.3 Å².